The molecule has 0 bridgehead atoms. The summed E-state index contributed by atoms with van der Waals surface area (Å²) in [6, 6.07) is -1.08. The van der Waals surface area contributed by atoms with Crippen molar-refractivity contribution in [2.45, 2.75) is 19.1 Å². The second-order valence-corrected chi connectivity index (χ2v) is 2.60. The number of alkyl carbamates (subject to hydrolysis) is 1. The van der Waals surface area contributed by atoms with E-state index < -0.39 is 37.4 Å². The van der Waals surface area contributed by atoms with Crippen LogP contribution in [0.4, 0.5) is 4.79 Å². The lowest BCUT2D eigenvalue weighted by molar-refractivity contribution is -0.138. The Bertz CT molecular complexity index is 202. The number of hydrogen-bond donors (Lipinski definition) is 4. The third-order valence-electron chi connectivity index (χ3n) is 1.39. The van der Waals surface area contributed by atoms with Gasteiger partial charge in [-0.2, -0.15) is 0 Å². The van der Waals surface area contributed by atoms with Gasteiger partial charge < -0.3 is 25.4 Å². The lowest BCUT2D eigenvalue weighted by Gasteiger charge is -2.14. The summed E-state index contributed by atoms with van der Waals surface area (Å²) in [7, 11) is 0. The number of carboxylic acid groups (broad SMARTS) is 1. The van der Waals surface area contributed by atoms with Gasteiger partial charge in [0.2, 0.25) is 0 Å². The molecule has 0 heterocycles. The fourth-order valence-corrected chi connectivity index (χ4v) is 0.556. The van der Waals surface area contributed by atoms with Crippen molar-refractivity contribution in [1.82, 2.24) is 5.32 Å². The van der Waals surface area contributed by atoms with Crippen LogP contribution in [-0.4, -0.2) is 52.7 Å². The molecule has 0 saturated carbocycles. The number of amides is 1. The summed E-state index contributed by atoms with van der Waals surface area (Å²) in [5.41, 5.74) is 0. The second kappa shape index (κ2) is 6.17. The molecule has 0 aromatic heterocycles. The zero-order valence-corrected chi connectivity index (χ0v) is 7.64. The van der Waals surface area contributed by atoms with E-state index in [9.17, 15) is 9.59 Å². The van der Waals surface area contributed by atoms with Crippen molar-refractivity contribution in [3.63, 3.8) is 0 Å². The number of ether oxygens (including phenoxy) is 1. The largest absolute Gasteiger partial charge is 0.480 e. The van der Waals surface area contributed by atoms with Crippen molar-refractivity contribution in [3.05, 3.63) is 0 Å². The first-order chi connectivity index (χ1) is 6.51. The Balaban J connectivity index is 3.91. The number of aliphatic hydroxyl groups excluding tert-OH is 2. The van der Waals surface area contributed by atoms with E-state index in [2.05, 4.69) is 4.74 Å². The maximum Gasteiger partial charge on any atom is 0.408 e. The van der Waals surface area contributed by atoms with Gasteiger partial charge in [0.1, 0.15) is 12.1 Å². The lowest BCUT2D eigenvalue weighted by Crippen LogP contribution is -2.41. The average Bonchev–Trinajstić information content (AvgIpc) is 2.13. The zero-order chi connectivity index (χ0) is 11.1. The maximum atomic E-state index is 10.9. The van der Waals surface area contributed by atoms with Crippen LogP contribution in [0.25, 0.3) is 0 Å². The van der Waals surface area contributed by atoms with Crippen LogP contribution in [0.2, 0.25) is 0 Å². The quantitative estimate of drug-likeness (QED) is 0.437. The van der Waals surface area contributed by atoms with Gasteiger partial charge in [-0.1, -0.05) is 0 Å². The lowest BCUT2D eigenvalue weighted by atomic mass is 10.3. The van der Waals surface area contributed by atoms with Crippen molar-refractivity contribution in [3.8, 4) is 0 Å². The van der Waals surface area contributed by atoms with E-state index >= 15 is 0 Å². The van der Waals surface area contributed by atoms with Gasteiger partial charge in [-0.3, -0.25) is 4.79 Å². The maximum absolute atomic E-state index is 10.9. The zero-order valence-electron chi connectivity index (χ0n) is 7.64. The van der Waals surface area contributed by atoms with Gasteiger partial charge in [-0.05, 0) is 6.92 Å². The molecule has 1 atom stereocenters. The monoisotopic (exact) mass is 207 g/mol. The second-order valence-electron chi connectivity index (χ2n) is 2.60. The van der Waals surface area contributed by atoms with Gasteiger partial charge in [-0.25, -0.2) is 4.79 Å². The third-order valence-corrected chi connectivity index (χ3v) is 1.39. The fraction of sp³-hybridized carbons (Fsp3) is 0.714. The summed E-state index contributed by atoms with van der Waals surface area (Å²) in [6.45, 7) is 0.216. The van der Waals surface area contributed by atoms with E-state index in [1.54, 1.807) is 0 Å². The van der Waals surface area contributed by atoms with E-state index in [1.807, 2.05) is 5.32 Å². The van der Waals surface area contributed by atoms with Crippen molar-refractivity contribution < 1.29 is 29.6 Å². The molecule has 0 aromatic rings. The standard InChI is InChI=1S/C7H13NO6/c1-4(6(11)12)8-7(13)14-5(2-9)3-10/h4-5,9-10H,2-3H2,1H3,(H,8,13)(H,11,12). The first kappa shape index (κ1) is 12.7. The molecule has 1 amide bonds. The predicted molar refractivity (Wildman–Crippen MR) is 44.7 cm³/mol. The van der Waals surface area contributed by atoms with Crippen LogP contribution in [0.3, 0.4) is 0 Å². The van der Waals surface area contributed by atoms with Crippen LogP contribution >= 0.6 is 0 Å². The van der Waals surface area contributed by atoms with Gasteiger partial charge in [-0.15, -0.1) is 0 Å². The van der Waals surface area contributed by atoms with E-state index in [-0.39, 0.29) is 0 Å². The van der Waals surface area contributed by atoms with Crippen LogP contribution < -0.4 is 5.32 Å². The minimum Gasteiger partial charge on any atom is -0.480 e. The number of aliphatic hydroxyl groups is 2. The first-order valence-corrected chi connectivity index (χ1v) is 3.93. The van der Waals surface area contributed by atoms with E-state index in [0.717, 1.165) is 0 Å². The number of nitrogens with one attached hydrogen (secondary N) is 1. The molecule has 0 fully saturated rings. The van der Waals surface area contributed by atoms with Crippen LogP contribution in [0.5, 0.6) is 0 Å². The predicted octanol–water partition coefficient (Wildman–Crippen LogP) is -1.46. The highest BCUT2D eigenvalue weighted by atomic mass is 16.6. The number of carbonyl (C=O) groups is 2. The normalized spacial score (nSPS) is 12.3. The Kier molecular flexibility index (Phi) is 5.58. The first-order valence-electron chi connectivity index (χ1n) is 3.93. The Morgan fingerprint density at radius 2 is 1.86 bits per heavy atom. The highest BCUT2D eigenvalue weighted by Gasteiger charge is 2.17. The molecule has 0 aliphatic carbocycles. The summed E-state index contributed by atoms with van der Waals surface area (Å²) in [6.07, 6.45) is -2.02. The Labute approximate surface area is 80.3 Å². The fourth-order valence-electron chi connectivity index (χ4n) is 0.556. The molecule has 7 heteroatoms. The molecule has 0 aliphatic rings. The van der Waals surface area contributed by atoms with Crippen LogP contribution in [0.1, 0.15) is 6.92 Å². The average molecular weight is 207 g/mol. The van der Waals surface area contributed by atoms with E-state index in [0.29, 0.717) is 0 Å². The molecular formula is C7H13NO6. The Hall–Kier alpha value is -1.34. The molecule has 0 rings (SSSR count). The highest BCUT2D eigenvalue weighted by molar-refractivity contribution is 5.79. The third kappa shape index (κ3) is 4.63. The minimum atomic E-state index is -1.20. The van der Waals surface area contributed by atoms with E-state index in [1.165, 1.54) is 6.92 Å². The summed E-state index contributed by atoms with van der Waals surface area (Å²) in [5.74, 6) is -1.20. The van der Waals surface area contributed by atoms with Gasteiger partial charge in [0.15, 0.2) is 0 Å². The highest BCUT2D eigenvalue weighted by Crippen LogP contribution is 1.91. The van der Waals surface area contributed by atoms with Crippen molar-refractivity contribution in [2.24, 2.45) is 0 Å². The summed E-state index contributed by atoms with van der Waals surface area (Å²) in [4.78, 5) is 21.2. The van der Waals surface area contributed by atoms with Crippen molar-refractivity contribution >= 4 is 12.1 Å². The summed E-state index contributed by atoms with van der Waals surface area (Å²) in [5, 5.41) is 27.5. The van der Waals surface area contributed by atoms with Gasteiger partial charge in [0.05, 0.1) is 13.2 Å². The van der Waals surface area contributed by atoms with Gasteiger partial charge in [0, 0.05) is 0 Å². The Morgan fingerprint density at radius 3 is 2.21 bits per heavy atom. The number of carbonyl (C=O) groups excluding carboxylic acids is 1. The Morgan fingerprint density at radius 1 is 1.36 bits per heavy atom. The smallest absolute Gasteiger partial charge is 0.408 e. The van der Waals surface area contributed by atoms with Crippen LogP contribution in [-0.2, 0) is 9.53 Å². The summed E-state index contributed by atoms with van der Waals surface area (Å²) >= 11 is 0. The van der Waals surface area contributed by atoms with Crippen LogP contribution in [0, 0.1) is 0 Å². The van der Waals surface area contributed by atoms with Crippen molar-refractivity contribution in [2.75, 3.05) is 13.2 Å². The molecule has 0 radical (unpaired) electrons. The van der Waals surface area contributed by atoms with Gasteiger partial charge >= 0.3 is 12.1 Å². The van der Waals surface area contributed by atoms with Crippen LogP contribution in [0.15, 0.2) is 0 Å². The minimum absolute atomic E-state index is 0.522. The molecular weight excluding hydrogens is 194 g/mol. The topological polar surface area (TPSA) is 116 Å². The molecule has 1 unspecified atom stereocenters. The van der Waals surface area contributed by atoms with E-state index in [4.69, 9.17) is 15.3 Å². The van der Waals surface area contributed by atoms with Crippen molar-refractivity contribution in [1.29, 1.82) is 0 Å². The number of rotatable bonds is 5. The summed E-state index contributed by atoms with van der Waals surface area (Å²) < 4.78 is 4.46. The number of carboxylic acids is 1. The molecule has 82 valence electrons. The molecule has 14 heavy (non-hydrogen) atoms. The number of hydrogen-bond acceptors (Lipinski definition) is 5. The molecule has 0 aliphatic heterocycles. The number of aliphatic carboxylic acids is 1. The molecule has 0 aromatic carbocycles. The van der Waals surface area contributed by atoms with Gasteiger partial charge in [0.25, 0.3) is 0 Å². The SMILES string of the molecule is CC(NC(=O)OC(CO)CO)C(=O)O. The molecule has 0 saturated heterocycles. The molecule has 7 nitrogen and oxygen atoms in total. The molecule has 0 spiro atoms. The molecule has 4 N–H and O–H groups in total.